The number of hydrogen-bond acceptors (Lipinski definition) is 6. The van der Waals surface area contributed by atoms with E-state index in [1.165, 1.54) is 18.9 Å². The molecular weight excluding hydrogens is 406 g/mol. The number of likely N-dealkylation sites (tertiary alicyclic amines) is 1. The summed E-state index contributed by atoms with van der Waals surface area (Å²) in [5.41, 5.74) is -2.97. The number of hydrogen-bond donors (Lipinski definition) is 2. The van der Waals surface area contributed by atoms with Crippen LogP contribution in [0.2, 0.25) is 0 Å². The summed E-state index contributed by atoms with van der Waals surface area (Å²) in [7, 11) is 1.45. The molecule has 2 N–H and O–H groups in total. The number of aliphatic hydroxyl groups is 1. The number of aromatic carboxylic acids is 1. The summed E-state index contributed by atoms with van der Waals surface area (Å²) < 4.78 is 29.2. The van der Waals surface area contributed by atoms with Crippen LogP contribution in [0.15, 0.2) is 12.1 Å². The van der Waals surface area contributed by atoms with Crippen molar-refractivity contribution in [3.8, 4) is 10.6 Å². The van der Waals surface area contributed by atoms with Gasteiger partial charge in [0.05, 0.1) is 5.92 Å². The summed E-state index contributed by atoms with van der Waals surface area (Å²) in [4.78, 5) is 41.5. The van der Waals surface area contributed by atoms with Crippen molar-refractivity contribution in [1.29, 1.82) is 0 Å². The number of aromatic nitrogens is 1. The van der Waals surface area contributed by atoms with E-state index in [2.05, 4.69) is 4.98 Å². The molecule has 2 heterocycles. The lowest BCUT2D eigenvalue weighted by molar-refractivity contribution is -0.148. The molecule has 0 bridgehead atoms. The molecule has 1 aromatic carbocycles. The molecule has 7 nitrogen and oxygen atoms in total. The second kappa shape index (κ2) is 7.27. The van der Waals surface area contributed by atoms with E-state index in [0.717, 1.165) is 24.3 Å². The maximum Gasteiger partial charge on any atom is 0.355 e. The minimum absolute atomic E-state index is 0.0113. The van der Waals surface area contributed by atoms with Crippen LogP contribution in [0.3, 0.4) is 0 Å². The van der Waals surface area contributed by atoms with E-state index in [4.69, 9.17) is 5.11 Å². The summed E-state index contributed by atoms with van der Waals surface area (Å²) in [6.45, 7) is 2.80. The summed E-state index contributed by atoms with van der Waals surface area (Å²) in [6.07, 6.45) is -0.0851. The quantitative estimate of drug-likeness (QED) is 0.763. The molecule has 0 radical (unpaired) electrons. The normalized spacial score (nSPS) is 20.2. The SMILES string of the molecule is CC(=O)[C@H](c1cc(-c2nc(C(=O)O)c(C)s2)c(F)cc1F)[C@]1(O)CCN(C)C1=O. The van der Waals surface area contributed by atoms with Crippen molar-refractivity contribution < 1.29 is 33.4 Å². The van der Waals surface area contributed by atoms with Gasteiger partial charge in [-0.1, -0.05) is 0 Å². The topological polar surface area (TPSA) is 108 Å². The number of carboxylic acids is 1. The lowest BCUT2D eigenvalue weighted by Crippen LogP contribution is -2.46. The van der Waals surface area contributed by atoms with Gasteiger partial charge in [-0.25, -0.2) is 18.6 Å². The second-order valence-electron chi connectivity index (χ2n) is 7.03. The Labute approximate surface area is 168 Å². The van der Waals surface area contributed by atoms with Crippen molar-refractivity contribution in [2.75, 3.05) is 13.6 Å². The van der Waals surface area contributed by atoms with Gasteiger partial charge in [-0.3, -0.25) is 9.59 Å². The van der Waals surface area contributed by atoms with Crippen molar-refractivity contribution in [3.63, 3.8) is 0 Å². The van der Waals surface area contributed by atoms with Crippen LogP contribution in [-0.4, -0.2) is 57.0 Å². The number of halogens is 2. The van der Waals surface area contributed by atoms with E-state index in [0.29, 0.717) is 10.9 Å². The Hall–Kier alpha value is -2.72. The predicted molar refractivity (Wildman–Crippen MR) is 99.8 cm³/mol. The van der Waals surface area contributed by atoms with Gasteiger partial charge < -0.3 is 15.1 Å². The first-order chi connectivity index (χ1) is 13.5. The zero-order valence-corrected chi connectivity index (χ0v) is 16.6. The third-order valence-corrected chi connectivity index (χ3v) is 6.06. The van der Waals surface area contributed by atoms with Crippen LogP contribution in [0.25, 0.3) is 10.6 Å². The molecule has 0 unspecified atom stereocenters. The Kier molecular flexibility index (Phi) is 5.26. The van der Waals surface area contributed by atoms with Crippen LogP contribution in [0.5, 0.6) is 0 Å². The van der Waals surface area contributed by atoms with Crippen LogP contribution < -0.4 is 0 Å². The van der Waals surface area contributed by atoms with Crippen molar-refractivity contribution in [2.45, 2.75) is 31.8 Å². The van der Waals surface area contributed by atoms with Crippen LogP contribution in [-0.2, 0) is 9.59 Å². The number of nitrogens with zero attached hydrogens (tertiary/aromatic N) is 2. The third-order valence-electron chi connectivity index (χ3n) is 5.06. The van der Waals surface area contributed by atoms with Crippen LogP contribution in [0.4, 0.5) is 8.78 Å². The maximum atomic E-state index is 14.7. The monoisotopic (exact) mass is 424 g/mol. The smallest absolute Gasteiger partial charge is 0.355 e. The molecule has 1 fully saturated rings. The van der Waals surface area contributed by atoms with E-state index in [-0.39, 0.29) is 34.8 Å². The van der Waals surface area contributed by atoms with Crippen molar-refractivity contribution in [1.82, 2.24) is 9.88 Å². The lowest BCUT2D eigenvalue weighted by Gasteiger charge is -2.30. The van der Waals surface area contributed by atoms with Gasteiger partial charge in [-0.15, -0.1) is 11.3 Å². The van der Waals surface area contributed by atoms with Gasteiger partial charge in [-0.2, -0.15) is 0 Å². The van der Waals surface area contributed by atoms with Gasteiger partial charge in [0.1, 0.15) is 22.4 Å². The van der Waals surface area contributed by atoms with E-state index >= 15 is 0 Å². The highest BCUT2D eigenvalue weighted by Gasteiger charge is 2.53. The van der Waals surface area contributed by atoms with Gasteiger partial charge in [-0.05, 0) is 19.9 Å². The summed E-state index contributed by atoms with van der Waals surface area (Å²) >= 11 is 0.900. The molecule has 10 heteroatoms. The van der Waals surface area contributed by atoms with Crippen LogP contribution in [0, 0.1) is 18.6 Å². The van der Waals surface area contributed by atoms with E-state index in [1.807, 2.05) is 0 Å². The Bertz CT molecular complexity index is 1040. The standard InChI is InChI=1S/C19H18F2N2O5S/c1-8(24)14(19(28)4-5-23(3)18(19)27)10-6-11(13(21)7-12(10)20)16-22-15(17(25)26)9(2)29-16/h6-7,14,28H,4-5H2,1-3H3,(H,25,26)/t14-,19-/m1/s1. The number of likely N-dealkylation sites (N-methyl/N-ethyl adjacent to an activating group) is 1. The molecule has 154 valence electrons. The molecule has 2 aromatic rings. The number of carbonyl (C=O) groups is 3. The number of benzene rings is 1. The number of ketones is 1. The Morgan fingerprint density at radius 1 is 1.31 bits per heavy atom. The Morgan fingerprint density at radius 3 is 2.45 bits per heavy atom. The van der Waals surface area contributed by atoms with Crippen molar-refractivity contribution in [3.05, 3.63) is 39.9 Å². The van der Waals surface area contributed by atoms with E-state index < -0.39 is 40.8 Å². The number of aryl methyl sites for hydroxylation is 1. The summed E-state index contributed by atoms with van der Waals surface area (Å²) in [6, 6.07) is 1.56. The van der Waals surface area contributed by atoms with Gasteiger partial charge in [0.2, 0.25) is 0 Å². The average Bonchev–Trinajstić information content (AvgIpc) is 3.13. The molecule has 1 aliphatic heterocycles. The highest BCUT2D eigenvalue weighted by molar-refractivity contribution is 7.15. The fourth-order valence-corrected chi connectivity index (χ4v) is 4.54. The first-order valence-electron chi connectivity index (χ1n) is 8.65. The highest BCUT2D eigenvalue weighted by Crippen LogP contribution is 2.41. The molecule has 1 aliphatic rings. The maximum absolute atomic E-state index is 14.7. The fraction of sp³-hybridized carbons (Fsp3) is 0.368. The number of carbonyl (C=O) groups excluding carboxylic acids is 2. The summed E-state index contributed by atoms with van der Waals surface area (Å²) in [5.74, 6) is -6.30. The first kappa shape index (κ1) is 21.0. The highest BCUT2D eigenvalue weighted by atomic mass is 32.1. The molecule has 3 rings (SSSR count). The van der Waals surface area contributed by atoms with E-state index in [9.17, 15) is 28.3 Å². The molecule has 2 atom stereocenters. The summed E-state index contributed by atoms with van der Waals surface area (Å²) in [5, 5.41) is 20.1. The molecule has 1 amide bonds. The first-order valence-corrected chi connectivity index (χ1v) is 9.47. The van der Waals surface area contributed by atoms with E-state index in [1.54, 1.807) is 0 Å². The zero-order valence-electron chi connectivity index (χ0n) is 15.8. The predicted octanol–water partition coefficient (Wildman–Crippen LogP) is 2.36. The van der Waals surface area contributed by atoms with Crippen molar-refractivity contribution >= 4 is 29.0 Å². The second-order valence-corrected chi connectivity index (χ2v) is 8.23. The number of amides is 1. The zero-order chi connectivity index (χ0) is 21.7. The average molecular weight is 424 g/mol. The molecule has 1 saturated heterocycles. The molecular formula is C19H18F2N2O5S. The van der Waals surface area contributed by atoms with Crippen molar-refractivity contribution in [2.24, 2.45) is 0 Å². The third kappa shape index (κ3) is 3.42. The van der Waals surface area contributed by atoms with Gasteiger partial charge >= 0.3 is 5.97 Å². The Morgan fingerprint density at radius 2 is 1.97 bits per heavy atom. The van der Waals surface area contributed by atoms with Gasteiger partial charge in [0.25, 0.3) is 5.91 Å². The molecule has 0 spiro atoms. The minimum Gasteiger partial charge on any atom is -0.476 e. The molecule has 0 saturated carbocycles. The molecule has 0 aliphatic carbocycles. The lowest BCUT2D eigenvalue weighted by atomic mass is 9.77. The number of rotatable bonds is 5. The largest absolute Gasteiger partial charge is 0.476 e. The Balaban J connectivity index is 2.18. The number of carboxylic acid groups (broad SMARTS) is 1. The minimum atomic E-state index is -2.15. The number of thiazole rings is 1. The fourth-order valence-electron chi connectivity index (χ4n) is 3.62. The van der Waals surface area contributed by atoms with Gasteiger partial charge in [0, 0.05) is 42.1 Å². The molecule has 29 heavy (non-hydrogen) atoms. The van der Waals surface area contributed by atoms with Crippen LogP contribution >= 0.6 is 11.3 Å². The van der Waals surface area contributed by atoms with Crippen LogP contribution in [0.1, 0.15) is 40.2 Å². The number of Topliss-reactive ketones (excluding diaryl/α,β-unsaturated/α-hetero) is 1. The van der Waals surface area contributed by atoms with Gasteiger partial charge in [0.15, 0.2) is 11.3 Å². The molecule has 1 aromatic heterocycles.